The van der Waals surface area contributed by atoms with Crippen LogP contribution in [0.25, 0.3) is 0 Å². The maximum atomic E-state index is 13.2. The smallest absolute Gasteiger partial charge is 0.254 e. The molecule has 5 heteroatoms. The number of amides is 1. The van der Waals surface area contributed by atoms with E-state index in [9.17, 15) is 9.18 Å². The highest BCUT2D eigenvalue weighted by molar-refractivity contribution is 6.30. The zero-order chi connectivity index (χ0) is 11.3. The molecule has 0 aliphatic heterocycles. The molecule has 15 heavy (non-hydrogen) atoms. The Balaban J connectivity index is 2.68. The van der Waals surface area contributed by atoms with Gasteiger partial charge in [0, 0.05) is 18.2 Å². The highest BCUT2D eigenvalue weighted by Crippen LogP contribution is 2.14. The van der Waals surface area contributed by atoms with Crippen molar-refractivity contribution in [3.05, 3.63) is 34.6 Å². The molecule has 0 unspecified atom stereocenters. The second-order valence-corrected chi connectivity index (χ2v) is 3.39. The molecule has 1 aromatic carbocycles. The van der Waals surface area contributed by atoms with Gasteiger partial charge in [0.2, 0.25) is 0 Å². The van der Waals surface area contributed by atoms with Gasteiger partial charge in [-0.25, -0.2) is 4.39 Å². The quantitative estimate of drug-likeness (QED) is 0.774. The van der Waals surface area contributed by atoms with Crippen molar-refractivity contribution in [1.29, 1.82) is 0 Å². The predicted molar refractivity (Wildman–Crippen MR) is 55.4 cm³/mol. The SMILES string of the molecule is O=C(NCCCO)c1cc(Cl)ccc1F. The van der Waals surface area contributed by atoms with Crippen molar-refractivity contribution in [3.8, 4) is 0 Å². The Morgan fingerprint density at radius 3 is 2.93 bits per heavy atom. The molecule has 2 N–H and O–H groups in total. The van der Waals surface area contributed by atoms with Crippen LogP contribution in [0.5, 0.6) is 0 Å². The average Bonchev–Trinajstić information content (AvgIpc) is 2.22. The van der Waals surface area contributed by atoms with E-state index in [2.05, 4.69) is 5.32 Å². The minimum Gasteiger partial charge on any atom is -0.396 e. The molecule has 1 amide bonds. The summed E-state index contributed by atoms with van der Waals surface area (Å²) < 4.78 is 13.2. The molecule has 0 radical (unpaired) electrons. The van der Waals surface area contributed by atoms with Gasteiger partial charge in [0.15, 0.2) is 0 Å². The highest BCUT2D eigenvalue weighted by atomic mass is 35.5. The molecule has 0 bridgehead atoms. The summed E-state index contributed by atoms with van der Waals surface area (Å²) in [4.78, 5) is 11.4. The number of halogens is 2. The first-order valence-corrected chi connectivity index (χ1v) is 4.87. The molecule has 0 saturated carbocycles. The fourth-order valence-corrected chi connectivity index (χ4v) is 1.22. The van der Waals surface area contributed by atoms with Crippen molar-refractivity contribution in [1.82, 2.24) is 5.32 Å². The van der Waals surface area contributed by atoms with Gasteiger partial charge in [-0.15, -0.1) is 0 Å². The zero-order valence-corrected chi connectivity index (χ0v) is 8.72. The highest BCUT2D eigenvalue weighted by Gasteiger charge is 2.11. The third kappa shape index (κ3) is 3.49. The molecule has 0 fully saturated rings. The minimum absolute atomic E-state index is 0.0156. The summed E-state index contributed by atoms with van der Waals surface area (Å²) in [5.41, 5.74) is -0.0829. The number of carbonyl (C=O) groups is 1. The summed E-state index contributed by atoms with van der Waals surface area (Å²) in [5, 5.41) is 11.3. The van der Waals surface area contributed by atoms with E-state index in [1.54, 1.807) is 0 Å². The third-order valence-corrected chi connectivity index (χ3v) is 2.03. The Kier molecular flexibility index (Phi) is 4.52. The molecule has 0 saturated heterocycles. The number of nitrogens with one attached hydrogen (secondary N) is 1. The fraction of sp³-hybridized carbons (Fsp3) is 0.300. The summed E-state index contributed by atoms with van der Waals surface area (Å²) in [6.45, 7) is 0.291. The molecule has 0 heterocycles. The van der Waals surface area contributed by atoms with E-state index in [-0.39, 0.29) is 12.2 Å². The van der Waals surface area contributed by atoms with Crippen molar-refractivity contribution >= 4 is 17.5 Å². The first kappa shape index (κ1) is 11.9. The second-order valence-electron chi connectivity index (χ2n) is 2.96. The molecular formula is C10H11ClFNO2. The molecule has 3 nitrogen and oxygen atoms in total. The number of aliphatic hydroxyl groups is 1. The van der Waals surface area contributed by atoms with Gasteiger partial charge in [-0.3, -0.25) is 4.79 Å². The maximum Gasteiger partial charge on any atom is 0.254 e. The van der Waals surface area contributed by atoms with Gasteiger partial charge in [-0.1, -0.05) is 11.6 Å². The Labute approximate surface area is 91.9 Å². The fourth-order valence-electron chi connectivity index (χ4n) is 1.05. The normalized spacial score (nSPS) is 10.1. The Morgan fingerprint density at radius 1 is 1.53 bits per heavy atom. The van der Waals surface area contributed by atoms with Gasteiger partial charge in [0.1, 0.15) is 5.82 Å². The number of carbonyl (C=O) groups excluding carboxylic acids is 1. The largest absolute Gasteiger partial charge is 0.396 e. The molecule has 0 atom stereocenters. The Morgan fingerprint density at radius 2 is 2.27 bits per heavy atom. The lowest BCUT2D eigenvalue weighted by Gasteiger charge is -2.05. The van der Waals surface area contributed by atoms with Crippen molar-refractivity contribution in [3.63, 3.8) is 0 Å². The molecule has 0 spiro atoms. The first-order chi connectivity index (χ1) is 7.15. The van der Waals surface area contributed by atoms with E-state index < -0.39 is 11.7 Å². The van der Waals surface area contributed by atoms with E-state index in [4.69, 9.17) is 16.7 Å². The van der Waals surface area contributed by atoms with Crippen LogP contribution in [0.1, 0.15) is 16.8 Å². The van der Waals surface area contributed by atoms with Crippen LogP contribution in [0.15, 0.2) is 18.2 Å². The third-order valence-electron chi connectivity index (χ3n) is 1.79. The zero-order valence-electron chi connectivity index (χ0n) is 7.96. The lowest BCUT2D eigenvalue weighted by molar-refractivity contribution is 0.0947. The van der Waals surface area contributed by atoms with Gasteiger partial charge in [0.25, 0.3) is 5.91 Å². The molecule has 0 aromatic heterocycles. The van der Waals surface area contributed by atoms with Crippen LogP contribution < -0.4 is 5.32 Å². The van der Waals surface area contributed by atoms with Gasteiger partial charge < -0.3 is 10.4 Å². The molecule has 82 valence electrons. The second kappa shape index (κ2) is 5.68. The van der Waals surface area contributed by atoms with Crippen LogP contribution in [-0.2, 0) is 0 Å². The molecule has 1 aromatic rings. The summed E-state index contributed by atoms with van der Waals surface area (Å²) in [6.07, 6.45) is 0.438. The van der Waals surface area contributed by atoms with E-state index in [0.717, 1.165) is 6.07 Å². The molecular weight excluding hydrogens is 221 g/mol. The summed E-state index contributed by atoms with van der Waals surface area (Å²) in [7, 11) is 0. The Bertz CT molecular complexity index is 357. The van der Waals surface area contributed by atoms with Crippen LogP contribution in [0.3, 0.4) is 0 Å². The van der Waals surface area contributed by atoms with Crippen LogP contribution in [0.4, 0.5) is 4.39 Å². The van der Waals surface area contributed by atoms with Crippen molar-refractivity contribution in [2.45, 2.75) is 6.42 Å². The van der Waals surface area contributed by atoms with Crippen LogP contribution in [-0.4, -0.2) is 24.2 Å². The number of benzene rings is 1. The summed E-state index contributed by atoms with van der Waals surface area (Å²) in [6, 6.07) is 3.79. The maximum absolute atomic E-state index is 13.2. The standard InChI is InChI=1S/C10H11ClFNO2/c11-7-2-3-9(12)8(6-7)10(15)13-4-1-5-14/h2-3,6,14H,1,4-5H2,(H,13,15). The number of hydrogen-bond acceptors (Lipinski definition) is 2. The van der Waals surface area contributed by atoms with Gasteiger partial charge in [0.05, 0.1) is 5.56 Å². The summed E-state index contributed by atoms with van der Waals surface area (Å²) >= 11 is 5.64. The summed E-state index contributed by atoms with van der Waals surface area (Å²) in [5.74, 6) is -1.13. The monoisotopic (exact) mass is 231 g/mol. The number of rotatable bonds is 4. The van der Waals surface area contributed by atoms with Crippen molar-refractivity contribution in [2.24, 2.45) is 0 Å². The van der Waals surface area contributed by atoms with Crippen molar-refractivity contribution < 1.29 is 14.3 Å². The Hall–Kier alpha value is -1.13. The lowest BCUT2D eigenvalue weighted by atomic mass is 10.2. The van der Waals surface area contributed by atoms with E-state index >= 15 is 0 Å². The molecule has 0 aliphatic rings. The van der Waals surface area contributed by atoms with E-state index in [1.165, 1.54) is 12.1 Å². The molecule has 0 aliphatic carbocycles. The van der Waals surface area contributed by atoms with E-state index in [0.29, 0.717) is 18.0 Å². The first-order valence-electron chi connectivity index (χ1n) is 4.49. The van der Waals surface area contributed by atoms with Crippen LogP contribution in [0.2, 0.25) is 5.02 Å². The van der Waals surface area contributed by atoms with Crippen LogP contribution in [0, 0.1) is 5.82 Å². The minimum atomic E-state index is -0.610. The average molecular weight is 232 g/mol. The van der Waals surface area contributed by atoms with Gasteiger partial charge in [-0.05, 0) is 24.6 Å². The lowest BCUT2D eigenvalue weighted by Crippen LogP contribution is -2.25. The van der Waals surface area contributed by atoms with Gasteiger partial charge in [-0.2, -0.15) is 0 Å². The topological polar surface area (TPSA) is 49.3 Å². The van der Waals surface area contributed by atoms with Crippen molar-refractivity contribution in [2.75, 3.05) is 13.2 Å². The van der Waals surface area contributed by atoms with E-state index in [1.807, 2.05) is 0 Å². The van der Waals surface area contributed by atoms with Crippen LogP contribution >= 0.6 is 11.6 Å². The number of aliphatic hydroxyl groups excluding tert-OH is 1. The number of hydrogen-bond donors (Lipinski definition) is 2. The molecule has 1 rings (SSSR count). The van der Waals surface area contributed by atoms with Gasteiger partial charge >= 0.3 is 0 Å². The predicted octanol–water partition coefficient (Wildman–Crippen LogP) is 1.59.